The normalized spacial score (nSPS) is 20.1. The van der Waals surface area contributed by atoms with Crippen molar-refractivity contribution >= 4 is 68.1 Å². The summed E-state index contributed by atoms with van der Waals surface area (Å²) in [6, 6.07) is 23.9. The Morgan fingerprint density at radius 1 is 0.923 bits per heavy atom. The minimum atomic E-state index is -0.724. The number of nitrogens with one attached hydrogen (secondary N) is 1. The van der Waals surface area contributed by atoms with E-state index in [2.05, 4.69) is 21.2 Å². The van der Waals surface area contributed by atoms with Crippen LogP contribution in [0.2, 0.25) is 0 Å². The average molecular weight is 621 g/mol. The number of amides is 3. The van der Waals surface area contributed by atoms with E-state index in [4.69, 9.17) is 0 Å². The number of aryl methyl sites for hydroxylation is 1. The highest BCUT2D eigenvalue weighted by atomic mass is 79.9. The third-order valence-corrected chi connectivity index (χ3v) is 10.1. The molecule has 4 aromatic rings. The van der Waals surface area contributed by atoms with E-state index in [1.165, 1.54) is 21.2 Å². The van der Waals surface area contributed by atoms with Crippen LogP contribution in [0.5, 0.6) is 0 Å². The number of hydrogen-bond acceptors (Lipinski definition) is 6. The summed E-state index contributed by atoms with van der Waals surface area (Å²) in [7, 11) is 0. The molecule has 2 aliphatic heterocycles. The molecule has 3 atom stereocenters. The smallest absolute Gasteiger partial charge is 0.308 e. The molecule has 1 N–H and O–H groups in total. The number of fused-ring (bicyclic) bond motifs is 2. The summed E-state index contributed by atoms with van der Waals surface area (Å²) in [5, 5.41) is 2.73. The van der Waals surface area contributed by atoms with Crippen LogP contribution in [0, 0.1) is 12.8 Å². The van der Waals surface area contributed by atoms with E-state index in [9.17, 15) is 19.2 Å². The van der Waals surface area contributed by atoms with Gasteiger partial charge in [-0.2, -0.15) is 0 Å². The van der Waals surface area contributed by atoms with Crippen molar-refractivity contribution in [1.82, 2.24) is 4.57 Å². The van der Waals surface area contributed by atoms with Crippen molar-refractivity contribution in [2.75, 3.05) is 10.2 Å². The lowest BCUT2D eigenvalue weighted by Crippen LogP contribution is -2.33. The van der Waals surface area contributed by atoms with Crippen LogP contribution in [0.4, 0.5) is 11.4 Å². The fraction of sp³-hybridized carbons (Fsp3) is 0.172. The van der Waals surface area contributed by atoms with Gasteiger partial charge >= 0.3 is 4.87 Å². The maximum atomic E-state index is 13.9. The molecule has 0 bridgehead atoms. The Labute approximate surface area is 241 Å². The van der Waals surface area contributed by atoms with Crippen LogP contribution in [0.25, 0.3) is 0 Å². The topological polar surface area (TPSA) is 88.5 Å². The summed E-state index contributed by atoms with van der Waals surface area (Å²) >= 11 is 5.71. The van der Waals surface area contributed by atoms with Gasteiger partial charge in [-0.15, -0.1) is 0 Å². The summed E-state index contributed by atoms with van der Waals surface area (Å²) < 4.78 is 2.31. The van der Waals surface area contributed by atoms with E-state index in [1.54, 1.807) is 24.3 Å². The second-order valence-electron chi connectivity index (χ2n) is 9.43. The number of aromatic nitrogens is 1. The lowest BCUT2D eigenvalue weighted by Gasteiger charge is -2.30. The average Bonchev–Trinajstić information content (AvgIpc) is 3.37. The minimum absolute atomic E-state index is 0.193. The highest BCUT2D eigenvalue weighted by Crippen LogP contribution is 2.53. The number of rotatable bonds is 5. The van der Waals surface area contributed by atoms with Gasteiger partial charge in [-0.25, -0.2) is 4.90 Å². The van der Waals surface area contributed by atoms with Crippen molar-refractivity contribution in [1.29, 1.82) is 0 Å². The van der Waals surface area contributed by atoms with Crippen LogP contribution in [0.15, 0.2) is 93.2 Å². The number of carbonyl (C=O) groups is 3. The molecule has 1 saturated heterocycles. The molecule has 6 rings (SSSR count). The molecule has 3 aromatic carbocycles. The predicted octanol–water partition coefficient (Wildman–Crippen LogP) is 5.42. The zero-order chi connectivity index (χ0) is 27.3. The Bertz CT molecular complexity index is 1670. The van der Waals surface area contributed by atoms with Crippen molar-refractivity contribution in [3.63, 3.8) is 0 Å². The van der Waals surface area contributed by atoms with Crippen LogP contribution >= 0.6 is 39.0 Å². The Kier molecular flexibility index (Phi) is 6.78. The Morgan fingerprint density at radius 2 is 1.62 bits per heavy atom. The van der Waals surface area contributed by atoms with Gasteiger partial charge in [0.05, 0.1) is 16.6 Å². The molecule has 2 aliphatic rings. The second-order valence-corrected chi connectivity index (χ2v) is 12.5. The van der Waals surface area contributed by atoms with Crippen LogP contribution in [-0.2, 0) is 20.9 Å². The van der Waals surface area contributed by atoms with Crippen molar-refractivity contribution in [2.45, 2.75) is 29.7 Å². The molecule has 3 heterocycles. The molecule has 10 heteroatoms. The van der Waals surface area contributed by atoms with Gasteiger partial charge in [-0.05, 0) is 48.4 Å². The largest absolute Gasteiger partial charge is 0.324 e. The van der Waals surface area contributed by atoms with Gasteiger partial charge in [0.1, 0.15) is 11.8 Å². The maximum Gasteiger partial charge on any atom is 0.308 e. The van der Waals surface area contributed by atoms with E-state index >= 15 is 0 Å². The van der Waals surface area contributed by atoms with E-state index in [0.717, 1.165) is 26.9 Å². The molecular weight excluding hydrogens is 598 g/mol. The zero-order valence-electron chi connectivity index (χ0n) is 20.7. The Morgan fingerprint density at radius 3 is 2.33 bits per heavy atom. The number of hydrogen-bond donors (Lipinski definition) is 1. The molecule has 39 heavy (non-hydrogen) atoms. The minimum Gasteiger partial charge on any atom is -0.324 e. The number of anilines is 2. The SMILES string of the molecule is Cc1ccccc1NC(=O)Cn1c2c(sc1=O)[C@@H](c1ccc(Br)cc1)[C@@H]1C(=O)N(c3ccccc3)C(=O)[C@@H]1S2. The van der Waals surface area contributed by atoms with Gasteiger partial charge in [0.25, 0.3) is 0 Å². The first-order valence-corrected chi connectivity index (χ1v) is 14.8. The Balaban J connectivity index is 1.42. The lowest BCUT2D eigenvalue weighted by atomic mass is 9.83. The van der Waals surface area contributed by atoms with Gasteiger partial charge in [0.2, 0.25) is 17.7 Å². The van der Waals surface area contributed by atoms with E-state index < -0.39 is 17.1 Å². The summed E-state index contributed by atoms with van der Waals surface area (Å²) in [4.78, 5) is 55.5. The summed E-state index contributed by atoms with van der Waals surface area (Å²) in [6.07, 6.45) is 0. The predicted molar refractivity (Wildman–Crippen MR) is 156 cm³/mol. The molecule has 1 aromatic heterocycles. The number of thioether (sulfide) groups is 1. The molecule has 0 radical (unpaired) electrons. The second kappa shape index (κ2) is 10.3. The fourth-order valence-electron chi connectivity index (χ4n) is 5.16. The standard InChI is InChI=1S/C29H22BrN3O4S2/c1-16-7-5-6-10-20(16)31-21(34)15-32-28-25(39-29(32)37)22(17-11-13-18(30)14-12-17)23-24(38-28)27(36)33(26(23)35)19-8-3-2-4-9-19/h2-14,22-24H,15H2,1H3,(H,31,34)/t22-,23-,24+/m0/s1. The van der Waals surface area contributed by atoms with Crippen molar-refractivity contribution in [3.8, 4) is 0 Å². The first kappa shape index (κ1) is 25.8. The van der Waals surface area contributed by atoms with Crippen molar-refractivity contribution < 1.29 is 14.4 Å². The van der Waals surface area contributed by atoms with Gasteiger partial charge in [0.15, 0.2) is 0 Å². The summed E-state index contributed by atoms with van der Waals surface area (Å²) in [6.45, 7) is 1.70. The van der Waals surface area contributed by atoms with E-state index in [0.29, 0.717) is 21.3 Å². The first-order chi connectivity index (χ1) is 18.8. The van der Waals surface area contributed by atoms with Crippen LogP contribution in [-0.4, -0.2) is 27.5 Å². The van der Waals surface area contributed by atoms with Gasteiger partial charge in [-0.1, -0.05) is 87.6 Å². The maximum absolute atomic E-state index is 13.9. The lowest BCUT2D eigenvalue weighted by molar-refractivity contribution is -0.122. The molecule has 0 unspecified atom stereocenters. The highest BCUT2D eigenvalue weighted by Gasteiger charge is 2.56. The number of halogens is 1. The van der Waals surface area contributed by atoms with Crippen LogP contribution in [0.1, 0.15) is 21.9 Å². The number of nitrogens with zero attached hydrogens (tertiary/aromatic N) is 2. The summed E-state index contributed by atoms with van der Waals surface area (Å²) in [5.41, 5.74) is 2.95. The molecule has 0 saturated carbocycles. The molecule has 7 nitrogen and oxygen atoms in total. The van der Waals surface area contributed by atoms with E-state index in [-0.39, 0.29) is 29.1 Å². The summed E-state index contributed by atoms with van der Waals surface area (Å²) in [5.74, 6) is -2.11. The fourth-order valence-corrected chi connectivity index (χ4v) is 8.20. The molecular formula is C29H22BrN3O4S2. The molecule has 196 valence electrons. The first-order valence-electron chi connectivity index (χ1n) is 12.3. The van der Waals surface area contributed by atoms with Crippen LogP contribution < -0.4 is 15.1 Å². The zero-order valence-corrected chi connectivity index (χ0v) is 23.9. The van der Waals surface area contributed by atoms with Crippen molar-refractivity contribution in [2.24, 2.45) is 5.92 Å². The molecule has 0 spiro atoms. The number of benzene rings is 3. The van der Waals surface area contributed by atoms with E-state index in [1.807, 2.05) is 61.5 Å². The number of imide groups is 1. The van der Waals surface area contributed by atoms with Gasteiger partial charge in [0, 0.05) is 21.0 Å². The number of thiazole rings is 1. The van der Waals surface area contributed by atoms with Crippen LogP contribution in [0.3, 0.4) is 0 Å². The molecule has 3 amide bonds. The highest BCUT2D eigenvalue weighted by molar-refractivity contribution is 9.10. The van der Waals surface area contributed by atoms with Gasteiger partial charge < -0.3 is 5.32 Å². The van der Waals surface area contributed by atoms with Gasteiger partial charge in [-0.3, -0.25) is 23.7 Å². The number of para-hydroxylation sites is 2. The monoisotopic (exact) mass is 619 g/mol. The van der Waals surface area contributed by atoms with Crippen molar-refractivity contribution in [3.05, 3.63) is 109 Å². The third kappa shape index (κ3) is 4.56. The third-order valence-electron chi connectivity index (χ3n) is 7.01. The quantitative estimate of drug-likeness (QED) is 0.302. The Hall–Kier alpha value is -3.47. The molecule has 1 fully saturated rings. The number of carbonyl (C=O) groups excluding carboxylic acids is 3. The molecule has 0 aliphatic carbocycles.